The predicted molar refractivity (Wildman–Crippen MR) is 76.0 cm³/mol. The van der Waals surface area contributed by atoms with Crippen LogP contribution < -0.4 is 9.47 Å². The molecule has 5 nitrogen and oxygen atoms in total. The molecule has 2 aromatic rings. The van der Waals surface area contributed by atoms with E-state index in [-0.39, 0.29) is 11.6 Å². The van der Waals surface area contributed by atoms with Crippen LogP contribution in [0.4, 0.5) is 0 Å². The van der Waals surface area contributed by atoms with Crippen LogP contribution in [-0.2, 0) is 0 Å². The smallest absolute Gasteiger partial charge is 0.354 e. The van der Waals surface area contributed by atoms with Crippen molar-refractivity contribution in [2.45, 2.75) is 12.3 Å². The number of fused-ring (bicyclic) bond motifs is 1. The first-order chi connectivity index (χ1) is 10.2. The summed E-state index contributed by atoms with van der Waals surface area (Å²) in [6, 6.07) is 11.0. The molecule has 1 atom stereocenters. The number of ether oxygens (including phenoxy) is 2. The highest BCUT2D eigenvalue weighted by atomic mass is 16.5. The predicted octanol–water partition coefficient (Wildman–Crippen LogP) is 2.72. The van der Waals surface area contributed by atoms with E-state index in [0.717, 1.165) is 17.7 Å². The third-order valence-electron chi connectivity index (χ3n) is 3.49. The Labute approximate surface area is 122 Å². The van der Waals surface area contributed by atoms with Crippen molar-refractivity contribution in [2.75, 3.05) is 13.2 Å². The zero-order valence-electron chi connectivity index (χ0n) is 11.4. The lowest BCUT2D eigenvalue weighted by molar-refractivity contribution is 0.0690. The van der Waals surface area contributed by atoms with Crippen molar-refractivity contribution in [3.8, 4) is 11.5 Å². The molecule has 1 aromatic carbocycles. The summed E-state index contributed by atoms with van der Waals surface area (Å²) < 4.78 is 11.3. The Kier molecular flexibility index (Phi) is 3.73. The van der Waals surface area contributed by atoms with Crippen LogP contribution >= 0.6 is 0 Å². The molecule has 1 unspecified atom stereocenters. The number of nitrogens with zero attached hydrogens (tertiary/aromatic N) is 1. The van der Waals surface area contributed by atoms with Crippen molar-refractivity contribution in [3.05, 3.63) is 53.9 Å². The summed E-state index contributed by atoms with van der Waals surface area (Å²) in [5, 5.41) is 8.80. The molecular formula is C16H15NO4. The quantitative estimate of drug-likeness (QED) is 0.935. The molecule has 5 heteroatoms. The van der Waals surface area contributed by atoms with Gasteiger partial charge in [-0.05, 0) is 24.6 Å². The number of rotatable bonds is 4. The Balaban J connectivity index is 1.67. The van der Waals surface area contributed by atoms with Crippen molar-refractivity contribution >= 4 is 5.97 Å². The van der Waals surface area contributed by atoms with Crippen LogP contribution in [0.3, 0.4) is 0 Å². The topological polar surface area (TPSA) is 68.7 Å². The maximum absolute atomic E-state index is 10.7. The van der Waals surface area contributed by atoms with Gasteiger partial charge < -0.3 is 14.6 Å². The Hall–Kier alpha value is -2.56. The van der Waals surface area contributed by atoms with E-state index in [9.17, 15) is 4.79 Å². The zero-order chi connectivity index (χ0) is 14.7. The number of carboxylic acids is 1. The molecule has 0 saturated carbocycles. The summed E-state index contributed by atoms with van der Waals surface area (Å²) >= 11 is 0. The number of carbonyl (C=O) groups is 1. The molecule has 0 fully saturated rings. The van der Waals surface area contributed by atoms with Crippen molar-refractivity contribution < 1.29 is 19.4 Å². The molecule has 21 heavy (non-hydrogen) atoms. The second-order valence-corrected chi connectivity index (χ2v) is 4.87. The average Bonchev–Trinajstić information content (AvgIpc) is 2.53. The normalized spacial score (nSPS) is 16.7. The van der Waals surface area contributed by atoms with Gasteiger partial charge in [-0.1, -0.05) is 18.2 Å². The van der Waals surface area contributed by atoms with Crippen LogP contribution in [0.25, 0.3) is 0 Å². The van der Waals surface area contributed by atoms with Gasteiger partial charge in [-0.15, -0.1) is 0 Å². The first-order valence-electron chi connectivity index (χ1n) is 6.78. The molecule has 0 saturated heterocycles. The lowest BCUT2D eigenvalue weighted by Gasteiger charge is -2.25. The molecule has 108 valence electrons. The zero-order valence-corrected chi connectivity index (χ0v) is 11.4. The number of carboxylic acid groups (broad SMARTS) is 1. The fourth-order valence-electron chi connectivity index (χ4n) is 2.38. The van der Waals surface area contributed by atoms with E-state index in [4.69, 9.17) is 14.6 Å². The van der Waals surface area contributed by atoms with Gasteiger partial charge in [0.1, 0.15) is 17.2 Å². The molecule has 3 rings (SSSR count). The van der Waals surface area contributed by atoms with Crippen LogP contribution in [0.2, 0.25) is 0 Å². The minimum absolute atomic E-state index is 0.0127. The molecule has 0 aliphatic carbocycles. The van der Waals surface area contributed by atoms with Gasteiger partial charge in [-0.3, -0.25) is 0 Å². The first kappa shape index (κ1) is 13.4. The third kappa shape index (κ3) is 2.97. The lowest BCUT2D eigenvalue weighted by atomic mass is 9.94. The summed E-state index contributed by atoms with van der Waals surface area (Å²) in [5.74, 6) is 0.717. The van der Waals surface area contributed by atoms with Crippen LogP contribution in [0.5, 0.6) is 11.5 Å². The molecule has 0 spiro atoms. The minimum Gasteiger partial charge on any atom is -0.493 e. The van der Waals surface area contributed by atoms with Gasteiger partial charge in [0.2, 0.25) is 0 Å². The second-order valence-electron chi connectivity index (χ2n) is 4.87. The minimum atomic E-state index is -1.04. The second kappa shape index (κ2) is 5.83. The number of aromatic carboxylic acids is 1. The van der Waals surface area contributed by atoms with Gasteiger partial charge in [0.25, 0.3) is 0 Å². The Morgan fingerprint density at radius 2 is 2.19 bits per heavy atom. The highest BCUT2D eigenvalue weighted by Gasteiger charge is 2.21. The SMILES string of the molecule is O=C(O)c1ccc(OCC2CCOc3ccccc32)cn1. The van der Waals surface area contributed by atoms with Crippen molar-refractivity contribution in [1.29, 1.82) is 0 Å². The standard InChI is InChI=1S/C16H15NO4/c18-16(19)14-6-5-12(9-17-14)21-10-11-7-8-20-15-4-2-1-3-13(11)15/h1-6,9,11H,7-8,10H2,(H,18,19). The van der Waals surface area contributed by atoms with Crippen LogP contribution in [0.1, 0.15) is 28.4 Å². The Morgan fingerprint density at radius 3 is 2.95 bits per heavy atom. The highest BCUT2D eigenvalue weighted by molar-refractivity contribution is 5.85. The maximum Gasteiger partial charge on any atom is 0.354 e. The van der Waals surface area contributed by atoms with E-state index in [1.165, 1.54) is 12.3 Å². The average molecular weight is 285 g/mol. The van der Waals surface area contributed by atoms with Gasteiger partial charge in [0.15, 0.2) is 0 Å². The largest absolute Gasteiger partial charge is 0.493 e. The van der Waals surface area contributed by atoms with Crippen molar-refractivity contribution in [2.24, 2.45) is 0 Å². The van der Waals surface area contributed by atoms with Gasteiger partial charge in [0.05, 0.1) is 19.4 Å². The molecular weight excluding hydrogens is 270 g/mol. The molecule has 1 aliphatic rings. The number of aromatic nitrogens is 1. The molecule has 1 N–H and O–H groups in total. The van der Waals surface area contributed by atoms with E-state index in [2.05, 4.69) is 4.98 Å². The highest BCUT2D eigenvalue weighted by Crippen LogP contribution is 2.33. The van der Waals surface area contributed by atoms with E-state index in [1.54, 1.807) is 6.07 Å². The molecule has 1 aliphatic heterocycles. The number of hydrogen-bond acceptors (Lipinski definition) is 4. The molecule has 1 aromatic heterocycles. The van der Waals surface area contributed by atoms with Crippen molar-refractivity contribution in [3.63, 3.8) is 0 Å². The summed E-state index contributed by atoms with van der Waals surface area (Å²) in [7, 11) is 0. The van der Waals surface area contributed by atoms with Gasteiger partial charge in [-0.25, -0.2) is 9.78 Å². The number of pyridine rings is 1. The first-order valence-corrected chi connectivity index (χ1v) is 6.78. The summed E-state index contributed by atoms with van der Waals surface area (Å²) in [6.07, 6.45) is 2.34. The summed E-state index contributed by atoms with van der Waals surface area (Å²) in [6.45, 7) is 1.20. The van der Waals surface area contributed by atoms with E-state index in [0.29, 0.717) is 19.0 Å². The Bertz CT molecular complexity index is 639. The molecule has 0 radical (unpaired) electrons. The van der Waals surface area contributed by atoms with Gasteiger partial charge in [0, 0.05) is 11.5 Å². The van der Waals surface area contributed by atoms with Gasteiger partial charge in [-0.2, -0.15) is 0 Å². The lowest BCUT2D eigenvalue weighted by Crippen LogP contribution is -2.19. The molecule has 2 heterocycles. The molecule has 0 bridgehead atoms. The van der Waals surface area contributed by atoms with E-state index in [1.807, 2.05) is 24.3 Å². The van der Waals surface area contributed by atoms with Crippen molar-refractivity contribution in [1.82, 2.24) is 4.98 Å². The Morgan fingerprint density at radius 1 is 1.33 bits per heavy atom. The monoisotopic (exact) mass is 285 g/mol. The van der Waals surface area contributed by atoms with Gasteiger partial charge >= 0.3 is 5.97 Å². The number of benzene rings is 1. The summed E-state index contributed by atoms with van der Waals surface area (Å²) in [4.78, 5) is 14.6. The van der Waals surface area contributed by atoms with E-state index < -0.39 is 5.97 Å². The summed E-state index contributed by atoms with van der Waals surface area (Å²) in [5.41, 5.74) is 1.16. The number of para-hydroxylation sites is 1. The molecule has 0 amide bonds. The third-order valence-corrected chi connectivity index (χ3v) is 3.49. The van der Waals surface area contributed by atoms with Crippen LogP contribution in [0.15, 0.2) is 42.6 Å². The fourth-order valence-corrected chi connectivity index (χ4v) is 2.38. The van der Waals surface area contributed by atoms with Crippen LogP contribution in [0, 0.1) is 0 Å². The fraction of sp³-hybridized carbons (Fsp3) is 0.250. The van der Waals surface area contributed by atoms with E-state index >= 15 is 0 Å². The van der Waals surface area contributed by atoms with Crippen LogP contribution in [-0.4, -0.2) is 29.3 Å². The maximum atomic E-state index is 10.7. The number of hydrogen-bond donors (Lipinski definition) is 1.